The maximum atomic E-state index is 5.85. The van der Waals surface area contributed by atoms with Crippen LogP contribution in [0.1, 0.15) is 31.2 Å². The SMILES string of the molecule is Cc1ccc(OCC2CCC(C)O2)c(CCl)n1. The predicted molar refractivity (Wildman–Crippen MR) is 67.6 cm³/mol. The lowest BCUT2D eigenvalue weighted by atomic mass is 10.2. The average Bonchev–Trinajstić information content (AvgIpc) is 2.73. The van der Waals surface area contributed by atoms with Crippen LogP contribution in [0.2, 0.25) is 0 Å². The average molecular weight is 256 g/mol. The fraction of sp³-hybridized carbons (Fsp3) is 0.615. The van der Waals surface area contributed by atoms with Crippen molar-refractivity contribution >= 4 is 11.6 Å². The summed E-state index contributed by atoms with van der Waals surface area (Å²) in [5.74, 6) is 1.15. The Labute approximate surface area is 107 Å². The third-order valence-corrected chi connectivity index (χ3v) is 3.20. The van der Waals surface area contributed by atoms with Gasteiger partial charge in [0.1, 0.15) is 12.4 Å². The van der Waals surface area contributed by atoms with E-state index in [9.17, 15) is 0 Å². The molecular formula is C13H18ClNO2. The topological polar surface area (TPSA) is 31.4 Å². The second-order valence-electron chi connectivity index (χ2n) is 4.49. The summed E-state index contributed by atoms with van der Waals surface area (Å²) >= 11 is 5.85. The zero-order valence-corrected chi connectivity index (χ0v) is 11.0. The van der Waals surface area contributed by atoms with Crippen molar-refractivity contribution in [3.8, 4) is 5.75 Å². The number of rotatable bonds is 4. The van der Waals surface area contributed by atoms with Crippen LogP contribution in [0.3, 0.4) is 0 Å². The molecule has 1 aromatic heterocycles. The summed E-state index contributed by atoms with van der Waals surface area (Å²) < 4.78 is 11.4. The molecule has 0 aliphatic carbocycles. The number of ether oxygens (including phenoxy) is 2. The zero-order chi connectivity index (χ0) is 12.3. The largest absolute Gasteiger partial charge is 0.489 e. The number of pyridine rings is 1. The number of aromatic nitrogens is 1. The van der Waals surface area contributed by atoms with Gasteiger partial charge in [-0.1, -0.05) is 0 Å². The first kappa shape index (κ1) is 12.7. The highest BCUT2D eigenvalue weighted by molar-refractivity contribution is 6.17. The van der Waals surface area contributed by atoms with Gasteiger partial charge < -0.3 is 9.47 Å². The smallest absolute Gasteiger partial charge is 0.142 e. The molecule has 0 amide bonds. The lowest BCUT2D eigenvalue weighted by Gasteiger charge is -2.14. The Morgan fingerprint density at radius 2 is 2.29 bits per heavy atom. The molecule has 17 heavy (non-hydrogen) atoms. The zero-order valence-electron chi connectivity index (χ0n) is 10.3. The molecule has 2 heterocycles. The minimum absolute atomic E-state index is 0.203. The van der Waals surface area contributed by atoms with Crippen LogP contribution in [0.15, 0.2) is 12.1 Å². The van der Waals surface area contributed by atoms with Gasteiger partial charge in [0.15, 0.2) is 0 Å². The first-order valence-electron chi connectivity index (χ1n) is 6.00. The van der Waals surface area contributed by atoms with Crippen molar-refractivity contribution in [3.05, 3.63) is 23.5 Å². The summed E-state index contributed by atoms with van der Waals surface area (Å²) in [4.78, 5) is 4.35. The Bertz CT molecular complexity index is 384. The summed E-state index contributed by atoms with van der Waals surface area (Å²) in [6.45, 7) is 4.62. The number of hydrogen-bond donors (Lipinski definition) is 0. The molecule has 0 aromatic carbocycles. The van der Waals surface area contributed by atoms with E-state index in [2.05, 4.69) is 11.9 Å². The van der Waals surface area contributed by atoms with E-state index >= 15 is 0 Å². The van der Waals surface area contributed by atoms with E-state index in [-0.39, 0.29) is 6.10 Å². The second-order valence-corrected chi connectivity index (χ2v) is 4.76. The Kier molecular flexibility index (Phi) is 4.24. The third kappa shape index (κ3) is 3.33. The molecule has 94 valence electrons. The molecule has 1 saturated heterocycles. The van der Waals surface area contributed by atoms with Gasteiger partial charge in [-0.15, -0.1) is 11.6 Å². The molecule has 2 unspecified atom stereocenters. The molecule has 1 fully saturated rings. The van der Waals surface area contributed by atoms with E-state index in [1.54, 1.807) is 0 Å². The van der Waals surface area contributed by atoms with Crippen molar-refractivity contribution < 1.29 is 9.47 Å². The van der Waals surface area contributed by atoms with Gasteiger partial charge in [0.2, 0.25) is 0 Å². The Balaban J connectivity index is 1.94. The van der Waals surface area contributed by atoms with Crippen LogP contribution < -0.4 is 4.74 Å². The van der Waals surface area contributed by atoms with Crippen LogP contribution in [-0.2, 0) is 10.6 Å². The monoisotopic (exact) mass is 255 g/mol. The molecule has 1 aliphatic rings. The normalized spacial score (nSPS) is 23.9. The van der Waals surface area contributed by atoms with Crippen molar-refractivity contribution in [3.63, 3.8) is 0 Å². The van der Waals surface area contributed by atoms with Crippen molar-refractivity contribution in [2.24, 2.45) is 0 Å². The molecular weight excluding hydrogens is 238 g/mol. The van der Waals surface area contributed by atoms with Gasteiger partial charge in [0, 0.05) is 5.69 Å². The summed E-state index contributed by atoms with van der Waals surface area (Å²) in [5, 5.41) is 0. The van der Waals surface area contributed by atoms with Crippen molar-refractivity contribution in [1.29, 1.82) is 0 Å². The molecule has 0 bridgehead atoms. The maximum Gasteiger partial charge on any atom is 0.142 e. The number of nitrogens with zero attached hydrogens (tertiary/aromatic N) is 1. The first-order chi connectivity index (χ1) is 8.19. The van der Waals surface area contributed by atoms with Crippen LogP contribution in [0.25, 0.3) is 0 Å². The molecule has 1 aliphatic heterocycles. The molecule has 0 N–H and O–H groups in total. The van der Waals surface area contributed by atoms with Crippen LogP contribution in [0, 0.1) is 6.92 Å². The van der Waals surface area contributed by atoms with Crippen LogP contribution in [0.4, 0.5) is 0 Å². The molecule has 3 nitrogen and oxygen atoms in total. The quantitative estimate of drug-likeness (QED) is 0.775. The van der Waals surface area contributed by atoms with E-state index in [1.807, 2.05) is 19.1 Å². The van der Waals surface area contributed by atoms with Crippen LogP contribution >= 0.6 is 11.6 Å². The third-order valence-electron chi connectivity index (χ3n) is 2.94. The van der Waals surface area contributed by atoms with E-state index in [0.717, 1.165) is 30.0 Å². The van der Waals surface area contributed by atoms with Crippen molar-refractivity contribution in [2.75, 3.05) is 6.61 Å². The molecule has 1 aromatic rings. The van der Waals surface area contributed by atoms with Crippen molar-refractivity contribution in [1.82, 2.24) is 4.98 Å². The summed E-state index contributed by atoms with van der Waals surface area (Å²) in [5.41, 5.74) is 1.76. The molecule has 0 radical (unpaired) electrons. The van der Waals surface area contributed by atoms with Gasteiger partial charge in [0.05, 0.1) is 23.8 Å². The van der Waals surface area contributed by atoms with Gasteiger partial charge >= 0.3 is 0 Å². The molecule has 2 atom stereocenters. The van der Waals surface area contributed by atoms with Gasteiger partial charge in [-0.05, 0) is 38.8 Å². The summed E-state index contributed by atoms with van der Waals surface area (Å²) in [6.07, 6.45) is 2.74. The van der Waals surface area contributed by atoms with Crippen molar-refractivity contribution in [2.45, 2.75) is 44.8 Å². The maximum absolute atomic E-state index is 5.85. The summed E-state index contributed by atoms with van der Waals surface area (Å²) in [6, 6.07) is 3.86. The molecule has 2 rings (SSSR count). The minimum Gasteiger partial charge on any atom is -0.489 e. The van der Waals surface area contributed by atoms with Crippen LogP contribution in [-0.4, -0.2) is 23.8 Å². The number of alkyl halides is 1. The fourth-order valence-electron chi connectivity index (χ4n) is 2.02. The Morgan fingerprint density at radius 3 is 2.94 bits per heavy atom. The number of hydrogen-bond acceptors (Lipinski definition) is 3. The highest BCUT2D eigenvalue weighted by Gasteiger charge is 2.22. The summed E-state index contributed by atoms with van der Waals surface area (Å²) in [7, 11) is 0. The highest BCUT2D eigenvalue weighted by atomic mass is 35.5. The molecule has 0 saturated carbocycles. The van der Waals surface area contributed by atoms with Gasteiger partial charge in [0.25, 0.3) is 0 Å². The lowest BCUT2D eigenvalue weighted by molar-refractivity contribution is 0.0262. The minimum atomic E-state index is 0.203. The van der Waals surface area contributed by atoms with E-state index < -0.39 is 0 Å². The van der Waals surface area contributed by atoms with Crippen LogP contribution in [0.5, 0.6) is 5.75 Å². The Morgan fingerprint density at radius 1 is 1.47 bits per heavy atom. The Hall–Kier alpha value is -0.800. The van der Waals surface area contributed by atoms with E-state index in [0.29, 0.717) is 18.6 Å². The molecule has 0 spiro atoms. The lowest BCUT2D eigenvalue weighted by Crippen LogP contribution is -2.18. The number of aryl methyl sites for hydroxylation is 1. The predicted octanol–water partition coefficient (Wildman–Crippen LogP) is 3.08. The number of halogens is 1. The second kappa shape index (κ2) is 5.69. The van der Waals surface area contributed by atoms with Gasteiger partial charge in [-0.3, -0.25) is 4.98 Å². The van der Waals surface area contributed by atoms with Gasteiger partial charge in [-0.25, -0.2) is 0 Å². The molecule has 4 heteroatoms. The first-order valence-corrected chi connectivity index (χ1v) is 6.53. The van der Waals surface area contributed by atoms with Gasteiger partial charge in [-0.2, -0.15) is 0 Å². The van der Waals surface area contributed by atoms with E-state index in [4.69, 9.17) is 21.1 Å². The highest BCUT2D eigenvalue weighted by Crippen LogP contribution is 2.23. The fourth-order valence-corrected chi connectivity index (χ4v) is 2.21. The standard InChI is InChI=1S/C13H18ClNO2/c1-9-3-6-13(12(7-14)15-9)16-8-11-5-4-10(2)17-11/h3,6,10-11H,4-5,7-8H2,1-2H3. The van der Waals surface area contributed by atoms with E-state index in [1.165, 1.54) is 0 Å².